The number of benzene rings is 2. The standard InChI is InChI=1S/C17H21BrN2.2ClH/c1-3-14-8-4-5-10-16(14)17(19,20-2)12-13-7-6-9-15(18)11-13;;/h4-11,20H,3,12,19H2,1-2H3;2*1H. The summed E-state index contributed by atoms with van der Waals surface area (Å²) in [6, 6.07) is 16.7. The summed E-state index contributed by atoms with van der Waals surface area (Å²) in [5.41, 5.74) is 9.78. The van der Waals surface area contributed by atoms with Gasteiger partial charge >= 0.3 is 0 Å². The Kier molecular flexibility index (Phi) is 9.28. The number of halogens is 3. The van der Waals surface area contributed by atoms with Crippen LogP contribution in [0.15, 0.2) is 53.0 Å². The minimum atomic E-state index is -0.548. The Morgan fingerprint density at radius 3 is 2.36 bits per heavy atom. The van der Waals surface area contributed by atoms with Crippen molar-refractivity contribution in [2.75, 3.05) is 7.05 Å². The van der Waals surface area contributed by atoms with Crippen LogP contribution < -0.4 is 11.1 Å². The summed E-state index contributed by atoms with van der Waals surface area (Å²) < 4.78 is 1.08. The normalized spacial score (nSPS) is 12.7. The first-order valence-corrected chi connectivity index (χ1v) is 7.69. The molecular formula is C17H23BrCl2N2. The fourth-order valence-electron chi connectivity index (χ4n) is 2.55. The molecule has 0 radical (unpaired) electrons. The second-order valence-corrected chi connectivity index (χ2v) is 5.95. The smallest absolute Gasteiger partial charge is 0.0966 e. The summed E-state index contributed by atoms with van der Waals surface area (Å²) in [5, 5.41) is 3.30. The summed E-state index contributed by atoms with van der Waals surface area (Å²) in [4.78, 5) is 0. The molecule has 2 rings (SSSR count). The molecule has 0 aliphatic carbocycles. The van der Waals surface area contributed by atoms with Crippen LogP contribution >= 0.6 is 40.7 Å². The van der Waals surface area contributed by atoms with Crippen LogP contribution in [0.2, 0.25) is 0 Å². The number of rotatable bonds is 5. The van der Waals surface area contributed by atoms with Crippen molar-refractivity contribution in [2.45, 2.75) is 25.4 Å². The van der Waals surface area contributed by atoms with E-state index in [4.69, 9.17) is 5.73 Å². The maximum atomic E-state index is 6.65. The zero-order chi connectivity index (χ0) is 14.6. The summed E-state index contributed by atoms with van der Waals surface area (Å²) >= 11 is 3.51. The molecule has 22 heavy (non-hydrogen) atoms. The monoisotopic (exact) mass is 404 g/mol. The first-order chi connectivity index (χ1) is 9.59. The third-order valence-electron chi connectivity index (χ3n) is 3.70. The Hall–Kier alpha value is -0.580. The van der Waals surface area contributed by atoms with Crippen LogP contribution in [0.3, 0.4) is 0 Å². The quantitative estimate of drug-likeness (QED) is 0.722. The molecular weight excluding hydrogens is 383 g/mol. The van der Waals surface area contributed by atoms with E-state index in [2.05, 4.69) is 58.5 Å². The lowest BCUT2D eigenvalue weighted by Crippen LogP contribution is -2.51. The highest BCUT2D eigenvalue weighted by molar-refractivity contribution is 9.10. The van der Waals surface area contributed by atoms with Crippen molar-refractivity contribution >= 4 is 40.7 Å². The van der Waals surface area contributed by atoms with E-state index in [0.717, 1.165) is 17.3 Å². The van der Waals surface area contributed by atoms with Gasteiger partial charge in [-0.15, -0.1) is 24.8 Å². The van der Waals surface area contributed by atoms with E-state index < -0.39 is 5.66 Å². The molecule has 122 valence electrons. The first-order valence-electron chi connectivity index (χ1n) is 6.89. The molecule has 0 saturated heterocycles. The van der Waals surface area contributed by atoms with Crippen molar-refractivity contribution in [1.82, 2.24) is 5.32 Å². The lowest BCUT2D eigenvalue weighted by atomic mass is 9.88. The Balaban J connectivity index is 0.00000220. The molecule has 0 heterocycles. The third-order valence-corrected chi connectivity index (χ3v) is 4.19. The molecule has 1 atom stereocenters. The molecule has 0 fully saturated rings. The Labute approximate surface area is 153 Å². The van der Waals surface area contributed by atoms with Crippen LogP contribution in [0.4, 0.5) is 0 Å². The fourth-order valence-corrected chi connectivity index (χ4v) is 3.00. The van der Waals surface area contributed by atoms with Crippen LogP contribution in [-0.2, 0) is 18.5 Å². The molecule has 0 amide bonds. The average molecular weight is 406 g/mol. The topological polar surface area (TPSA) is 38.0 Å². The van der Waals surface area contributed by atoms with Crippen molar-refractivity contribution < 1.29 is 0 Å². The van der Waals surface area contributed by atoms with Gasteiger partial charge in [0.2, 0.25) is 0 Å². The maximum absolute atomic E-state index is 6.65. The maximum Gasteiger partial charge on any atom is 0.0966 e. The molecule has 0 saturated carbocycles. The van der Waals surface area contributed by atoms with Crippen molar-refractivity contribution in [1.29, 1.82) is 0 Å². The summed E-state index contributed by atoms with van der Waals surface area (Å²) in [5.74, 6) is 0. The van der Waals surface area contributed by atoms with Crippen LogP contribution in [0.25, 0.3) is 0 Å². The van der Waals surface area contributed by atoms with Gasteiger partial charge in [0.05, 0.1) is 5.66 Å². The van der Waals surface area contributed by atoms with Gasteiger partial charge in [-0.3, -0.25) is 5.32 Å². The lowest BCUT2D eigenvalue weighted by Gasteiger charge is -2.32. The highest BCUT2D eigenvalue weighted by Gasteiger charge is 2.27. The molecule has 0 aliphatic rings. The molecule has 2 aromatic rings. The number of nitrogens with two attached hydrogens (primary N) is 1. The minimum absolute atomic E-state index is 0. The van der Waals surface area contributed by atoms with Crippen molar-refractivity contribution in [3.8, 4) is 0 Å². The zero-order valence-corrected chi connectivity index (χ0v) is 16.0. The van der Waals surface area contributed by atoms with Crippen molar-refractivity contribution in [2.24, 2.45) is 5.73 Å². The average Bonchev–Trinajstić information content (AvgIpc) is 2.47. The third kappa shape index (κ3) is 4.97. The summed E-state index contributed by atoms with van der Waals surface area (Å²) in [6.45, 7) is 2.16. The van der Waals surface area contributed by atoms with Gasteiger partial charge < -0.3 is 5.73 Å². The second-order valence-electron chi connectivity index (χ2n) is 5.04. The van der Waals surface area contributed by atoms with Crippen molar-refractivity contribution in [3.63, 3.8) is 0 Å². The number of hydrogen-bond acceptors (Lipinski definition) is 2. The molecule has 3 N–H and O–H groups in total. The summed E-state index contributed by atoms with van der Waals surface area (Å²) in [7, 11) is 1.92. The van der Waals surface area contributed by atoms with Gasteiger partial charge in [0.1, 0.15) is 0 Å². The molecule has 0 aliphatic heterocycles. The van der Waals surface area contributed by atoms with Gasteiger partial charge in [-0.2, -0.15) is 0 Å². The van der Waals surface area contributed by atoms with Gasteiger partial charge in [0.25, 0.3) is 0 Å². The predicted octanol–water partition coefficient (Wildman–Crippen LogP) is 4.43. The van der Waals surface area contributed by atoms with Crippen LogP contribution in [0.1, 0.15) is 23.6 Å². The van der Waals surface area contributed by atoms with Gasteiger partial charge in [-0.1, -0.05) is 59.3 Å². The Morgan fingerprint density at radius 1 is 1.09 bits per heavy atom. The molecule has 2 aromatic carbocycles. The van der Waals surface area contributed by atoms with E-state index >= 15 is 0 Å². The zero-order valence-electron chi connectivity index (χ0n) is 12.8. The minimum Gasteiger partial charge on any atom is -0.309 e. The molecule has 0 spiro atoms. The van der Waals surface area contributed by atoms with E-state index in [1.807, 2.05) is 25.2 Å². The lowest BCUT2D eigenvalue weighted by molar-refractivity contribution is 0.369. The van der Waals surface area contributed by atoms with Gasteiger partial charge in [0.15, 0.2) is 0 Å². The van der Waals surface area contributed by atoms with Crippen LogP contribution in [0.5, 0.6) is 0 Å². The fraction of sp³-hybridized carbons (Fsp3) is 0.294. The van der Waals surface area contributed by atoms with E-state index in [1.165, 1.54) is 16.7 Å². The molecule has 1 unspecified atom stereocenters. The number of likely N-dealkylation sites (N-methyl/N-ethyl adjacent to an activating group) is 1. The number of hydrogen-bond donors (Lipinski definition) is 2. The predicted molar refractivity (Wildman–Crippen MR) is 103 cm³/mol. The van der Waals surface area contributed by atoms with E-state index in [-0.39, 0.29) is 24.8 Å². The van der Waals surface area contributed by atoms with E-state index in [1.54, 1.807) is 0 Å². The van der Waals surface area contributed by atoms with E-state index in [9.17, 15) is 0 Å². The van der Waals surface area contributed by atoms with Gasteiger partial charge in [-0.25, -0.2) is 0 Å². The Morgan fingerprint density at radius 2 is 1.77 bits per heavy atom. The molecule has 5 heteroatoms. The van der Waals surface area contributed by atoms with E-state index in [0.29, 0.717) is 0 Å². The molecule has 2 nitrogen and oxygen atoms in total. The molecule has 0 bridgehead atoms. The van der Waals surface area contributed by atoms with Crippen molar-refractivity contribution in [3.05, 3.63) is 69.7 Å². The van der Waals surface area contributed by atoms with Crippen LogP contribution in [-0.4, -0.2) is 7.05 Å². The molecule has 0 aromatic heterocycles. The number of aryl methyl sites for hydroxylation is 1. The second kappa shape index (κ2) is 9.53. The van der Waals surface area contributed by atoms with Gasteiger partial charge in [0, 0.05) is 10.9 Å². The largest absolute Gasteiger partial charge is 0.309 e. The SMILES string of the molecule is CCc1ccccc1C(N)(Cc1cccc(Br)c1)NC.Cl.Cl. The highest BCUT2D eigenvalue weighted by atomic mass is 79.9. The first kappa shape index (κ1) is 21.4. The van der Waals surface area contributed by atoms with Crippen LogP contribution in [0, 0.1) is 0 Å². The number of nitrogens with one attached hydrogen (secondary N) is 1. The highest BCUT2D eigenvalue weighted by Crippen LogP contribution is 2.25. The summed E-state index contributed by atoms with van der Waals surface area (Å²) in [6.07, 6.45) is 1.73. The Bertz CT molecular complexity index is 592. The van der Waals surface area contributed by atoms with Gasteiger partial charge in [-0.05, 0) is 42.3 Å².